The van der Waals surface area contributed by atoms with Crippen LogP contribution in [0.25, 0.3) is 0 Å². The lowest BCUT2D eigenvalue weighted by atomic mass is 10.1. The number of ether oxygens (including phenoxy) is 1. The molecular formula is C13H25NO3. The van der Waals surface area contributed by atoms with Gasteiger partial charge < -0.3 is 9.64 Å². The van der Waals surface area contributed by atoms with E-state index in [1.54, 1.807) is 4.90 Å². The molecule has 0 bridgehead atoms. The molecule has 0 radical (unpaired) electrons. The third kappa shape index (κ3) is 6.97. The fourth-order valence-corrected chi connectivity index (χ4v) is 1.58. The summed E-state index contributed by atoms with van der Waals surface area (Å²) in [4.78, 5) is 24.8. The van der Waals surface area contributed by atoms with Gasteiger partial charge >= 0.3 is 5.97 Å². The highest BCUT2D eigenvalue weighted by Crippen LogP contribution is 2.06. The van der Waals surface area contributed by atoms with Crippen molar-refractivity contribution in [1.82, 2.24) is 4.90 Å². The molecule has 0 aliphatic rings. The molecule has 4 heteroatoms. The molecule has 0 fully saturated rings. The predicted octanol–water partition coefficient (Wildman–Crippen LogP) is 2.22. The normalized spacial score (nSPS) is 10.4. The number of hydrogen-bond acceptors (Lipinski definition) is 3. The number of unbranched alkanes of at least 4 members (excludes halogenated alkanes) is 2. The van der Waals surface area contributed by atoms with Crippen LogP contribution in [0.15, 0.2) is 0 Å². The van der Waals surface area contributed by atoms with Crippen molar-refractivity contribution >= 4 is 11.9 Å². The molecule has 0 N–H and O–H groups in total. The lowest BCUT2D eigenvalue weighted by Crippen LogP contribution is -2.36. The topological polar surface area (TPSA) is 46.6 Å². The lowest BCUT2D eigenvalue weighted by molar-refractivity contribution is -0.142. The minimum absolute atomic E-state index is 0.0192. The van der Waals surface area contributed by atoms with Gasteiger partial charge in [-0.15, -0.1) is 0 Å². The Kier molecular flexibility index (Phi) is 8.46. The highest BCUT2D eigenvalue weighted by molar-refractivity contribution is 5.79. The van der Waals surface area contributed by atoms with Crippen LogP contribution >= 0.6 is 0 Å². The summed E-state index contributed by atoms with van der Waals surface area (Å²) in [5.74, 6) is -0.165. The van der Waals surface area contributed by atoms with Crippen molar-refractivity contribution in [1.29, 1.82) is 0 Å². The van der Waals surface area contributed by atoms with Gasteiger partial charge in [-0.2, -0.15) is 0 Å². The number of carbonyl (C=O) groups is 2. The van der Waals surface area contributed by atoms with Crippen molar-refractivity contribution in [2.45, 2.75) is 46.5 Å². The molecule has 0 saturated carbocycles. The lowest BCUT2D eigenvalue weighted by Gasteiger charge is -2.24. The van der Waals surface area contributed by atoms with Crippen molar-refractivity contribution in [2.24, 2.45) is 5.92 Å². The van der Waals surface area contributed by atoms with Crippen molar-refractivity contribution < 1.29 is 14.3 Å². The Bertz CT molecular complexity index is 239. The first-order valence-corrected chi connectivity index (χ1v) is 6.38. The first kappa shape index (κ1) is 15.9. The van der Waals surface area contributed by atoms with E-state index >= 15 is 0 Å². The van der Waals surface area contributed by atoms with Gasteiger partial charge in [0.2, 0.25) is 5.91 Å². The summed E-state index contributed by atoms with van der Waals surface area (Å²) < 4.78 is 4.59. The van der Waals surface area contributed by atoms with Crippen molar-refractivity contribution in [3.63, 3.8) is 0 Å². The Balaban J connectivity index is 4.19. The second-order valence-electron chi connectivity index (χ2n) is 4.51. The summed E-state index contributed by atoms with van der Waals surface area (Å²) in [7, 11) is 1.37. The fourth-order valence-electron chi connectivity index (χ4n) is 1.58. The second kappa shape index (κ2) is 9.02. The molecule has 0 aromatic carbocycles. The van der Waals surface area contributed by atoms with E-state index in [9.17, 15) is 9.59 Å². The fraction of sp³-hybridized carbons (Fsp3) is 0.846. The summed E-state index contributed by atoms with van der Waals surface area (Å²) in [6, 6.07) is 0. The number of carbonyl (C=O) groups excluding carboxylic acids is 2. The maximum Gasteiger partial charge on any atom is 0.307 e. The largest absolute Gasteiger partial charge is 0.469 e. The average Bonchev–Trinajstić information content (AvgIpc) is 2.32. The molecule has 4 nitrogen and oxygen atoms in total. The summed E-state index contributed by atoms with van der Waals surface area (Å²) in [6.45, 7) is 7.10. The van der Waals surface area contributed by atoms with Gasteiger partial charge in [-0.25, -0.2) is 0 Å². The van der Waals surface area contributed by atoms with Crippen molar-refractivity contribution in [3.8, 4) is 0 Å². The van der Waals surface area contributed by atoms with Gasteiger partial charge in [-0.1, -0.05) is 33.6 Å². The number of nitrogens with zero attached hydrogens (tertiary/aromatic N) is 1. The van der Waals surface area contributed by atoms with Crippen LogP contribution in [0.1, 0.15) is 46.5 Å². The summed E-state index contributed by atoms with van der Waals surface area (Å²) in [5, 5.41) is 0. The molecular weight excluding hydrogens is 218 g/mol. The molecule has 0 aliphatic heterocycles. The van der Waals surface area contributed by atoms with Crippen LogP contribution in [0.2, 0.25) is 0 Å². The summed E-state index contributed by atoms with van der Waals surface area (Å²) in [6.07, 6.45) is 3.51. The van der Waals surface area contributed by atoms with Gasteiger partial charge in [-0.3, -0.25) is 9.59 Å². The average molecular weight is 243 g/mol. The Morgan fingerprint density at radius 1 is 1.18 bits per heavy atom. The predicted molar refractivity (Wildman–Crippen MR) is 67.6 cm³/mol. The zero-order chi connectivity index (χ0) is 13.3. The Hall–Kier alpha value is -1.06. The van der Waals surface area contributed by atoms with Crippen LogP contribution < -0.4 is 0 Å². The van der Waals surface area contributed by atoms with E-state index in [-0.39, 0.29) is 24.2 Å². The third-order valence-electron chi connectivity index (χ3n) is 2.65. The maximum atomic E-state index is 11.9. The van der Waals surface area contributed by atoms with E-state index in [4.69, 9.17) is 0 Å². The van der Waals surface area contributed by atoms with E-state index in [0.29, 0.717) is 6.54 Å². The standard InChI is InChI=1S/C13H25NO3/c1-5-6-7-9-14(13(16)11(2)3)10-8-12(15)17-4/h11H,5-10H2,1-4H3. The van der Waals surface area contributed by atoms with Crippen LogP contribution in [0.4, 0.5) is 0 Å². The second-order valence-corrected chi connectivity index (χ2v) is 4.51. The van der Waals surface area contributed by atoms with Gasteiger partial charge in [0, 0.05) is 19.0 Å². The summed E-state index contributed by atoms with van der Waals surface area (Å²) >= 11 is 0. The summed E-state index contributed by atoms with van der Waals surface area (Å²) in [5.41, 5.74) is 0. The van der Waals surface area contributed by atoms with E-state index in [0.717, 1.165) is 25.8 Å². The van der Waals surface area contributed by atoms with Gasteiger partial charge in [-0.05, 0) is 6.42 Å². The molecule has 0 unspecified atom stereocenters. The van der Waals surface area contributed by atoms with Gasteiger partial charge in [0.25, 0.3) is 0 Å². The quantitative estimate of drug-likeness (QED) is 0.485. The highest BCUT2D eigenvalue weighted by atomic mass is 16.5. The van der Waals surface area contributed by atoms with Gasteiger partial charge in [0.05, 0.1) is 13.5 Å². The molecule has 1 amide bonds. The number of methoxy groups -OCH3 is 1. The van der Waals surface area contributed by atoms with Gasteiger partial charge in [0.15, 0.2) is 0 Å². The minimum Gasteiger partial charge on any atom is -0.469 e. The van der Waals surface area contributed by atoms with E-state index in [1.807, 2.05) is 13.8 Å². The van der Waals surface area contributed by atoms with E-state index in [2.05, 4.69) is 11.7 Å². The number of amides is 1. The zero-order valence-electron chi connectivity index (χ0n) is 11.5. The van der Waals surface area contributed by atoms with Gasteiger partial charge in [0.1, 0.15) is 0 Å². The molecule has 0 heterocycles. The number of esters is 1. The Labute approximate surface area is 104 Å². The molecule has 0 saturated heterocycles. The molecule has 0 aromatic rings. The molecule has 0 spiro atoms. The van der Waals surface area contributed by atoms with Crippen LogP contribution in [-0.2, 0) is 14.3 Å². The molecule has 100 valence electrons. The van der Waals surface area contributed by atoms with Crippen LogP contribution in [0.3, 0.4) is 0 Å². The SMILES string of the molecule is CCCCCN(CCC(=O)OC)C(=O)C(C)C. The molecule has 0 rings (SSSR count). The monoisotopic (exact) mass is 243 g/mol. The Morgan fingerprint density at radius 3 is 2.29 bits per heavy atom. The maximum absolute atomic E-state index is 11.9. The van der Waals surface area contributed by atoms with E-state index < -0.39 is 0 Å². The smallest absolute Gasteiger partial charge is 0.307 e. The Morgan fingerprint density at radius 2 is 1.82 bits per heavy atom. The van der Waals surface area contributed by atoms with Crippen LogP contribution in [-0.4, -0.2) is 37.0 Å². The van der Waals surface area contributed by atoms with Crippen molar-refractivity contribution in [2.75, 3.05) is 20.2 Å². The first-order chi connectivity index (χ1) is 8.02. The number of hydrogen-bond donors (Lipinski definition) is 0. The zero-order valence-corrected chi connectivity index (χ0v) is 11.5. The third-order valence-corrected chi connectivity index (χ3v) is 2.65. The van der Waals surface area contributed by atoms with Crippen molar-refractivity contribution in [3.05, 3.63) is 0 Å². The van der Waals surface area contributed by atoms with E-state index in [1.165, 1.54) is 7.11 Å². The first-order valence-electron chi connectivity index (χ1n) is 6.38. The van der Waals surface area contributed by atoms with Crippen LogP contribution in [0, 0.1) is 5.92 Å². The minimum atomic E-state index is -0.262. The molecule has 0 aliphatic carbocycles. The molecule has 17 heavy (non-hydrogen) atoms. The highest BCUT2D eigenvalue weighted by Gasteiger charge is 2.17. The molecule has 0 atom stereocenters. The number of rotatable bonds is 8. The van der Waals surface area contributed by atoms with Crippen LogP contribution in [0.5, 0.6) is 0 Å². The molecule has 0 aromatic heterocycles.